The van der Waals surface area contributed by atoms with Gasteiger partial charge >= 0.3 is 0 Å². The van der Waals surface area contributed by atoms with Crippen LogP contribution in [0.15, 0.2) is 54.7 Å². The predicted molar refractivity (Wildman–Crippen MR) is 90.6 cm³/mol. The average Bonchev–Trinajstić information content (AvgIpc) is 2.95. The molecule has 0 aromatic carbocycles. The van der Waals surface area contributed by atoms with Crippen molar-refractivity contribution in [2.24, 2.45) is 5.92 Å². The Kier molecular flexibility index (Phi) is 4.32. The molecule has 2 heterocycles. The van der Waals surface area contributed by atoms with E-state index in [-0.39, 0.29) is 0 Å². The van der Waals surface area contributed by atoms with Gasteiger partial charge in [0.15, 0.2) is 11.5 Å². The highest BCUT2D eigenvalue weighted by Gasteiger charge is 2.07. The number of fused-ring (bicyclic) bond motifs is 1. The van der Waals surface area contributed by atoms with Crippen LogP contribution in [0, 0.1) is 5.92 Å². The fraction of sp³-hybridized carbons (Fsp3) is 0.294. The van der Waals surface area contributed by atoms with Crippen molar-refractivity contribution >= 4 is 11.5 Å². The summed E-state index contributed by atoms with van der Waals surface area (Å²) in [5, 5.41) is 10.5. The van der Waals surface area contributed by atoms with Crippen LogP contribution in [0.1, 0.15) is 19.0 Å². The predicted octanol–water partition coefficient (Wildman–Crippen LogP) is 2.83. The number of hydrogen-bond donors (Lipinski definition) is 2. The molecule has 0 fully saturated rings. The molecule has 1 unspecified atom stereocenters. The Morgan fingerprint density at radius 1 is 1.48 bits per heavy atom. The first-order valence-corrected chi connectivity index (χ1v) is 7.64. The Bertz CT molecular complexity index is 774. The minimum Gasteiger partial charge on any atom is -0.488 e. The summed E-state index contributed by atoms with van der Waals surface area (Å²) in [6.07, 6.45) is 9.14. The fourth-order valence-electron chi connectivity index (χ4n) is 2.25. The third-order valence-electron chi connectivity index (χ3n) is 3.62. The lowest BCUT2D eigenvalue weighted by Crippen LogP contribution is -2.12. The van der Waals surface area contributed by atoms with Gasteiger partial charge in [0.2, 0.25) is 0 Å². The zero-order valence-corrected chi connectivity index (χ0v) is 13.4. The Balaban J connectivity index is 1.68. The van der Waals surface area contributed by atoms with Gasteiger partial charge in [-0.05, 0) is 36.6 Å². The van der Waals surface area contributed by atoms with Gasteiger partial charge < -0.3 is 15.4 Å². The van der Waals surface area contributed by atoms with Crippen molar-refractivity contribution in [3.8, 4) is 0 Å². The number of aromatic nitrogens is 3. The first kappa shape index (κ1) is 15.1. The van der Waals surface area contributed by atoms with E-state index in [0.29, 0.717) is 24.2 Å². The first-order chi connectivity index (χ1) is 11.1. The zero-order chi connectivity index (χ0) is 16.2. The summed E-state index contributed by atoms with van der Waals surface area (Å²) >= 11 is 0. The van der Waals surface area contributed by atoms with Crippen molar-refractivity contribution in [3.63, 3.8) is 0 Å². The lowest BCUT2D eigenvalue weighted by Gasteiger charge is -2.12. The normalized spacial score (nSPS) is 17.0. The maximum atomic E-state index is 5.79. The molecule has 6 nitrogen and oxygen atoms in total. The second-order valence-corrected chi connectivity index (χ2v) is 5.57. The molecule has 23 heavy (non-hydrogen) atoms. The number of anilines is 1. The SMILES string of the molecule is C=C(NC)Nc1cn2nc(COC3=CCC(C)C=C3)ccc2n1. The van der Waals surface area contributed by atoms with Crippen LogP contribution in [0.2, 0.25) is 0 Å². The molecular formula is C17H21N5O. The van der Waals surface area contributed by atoms with Crippen LogP contribution in [0.4, 0.5) is 5.82 Å². The van der Waals surface area contributed by atoms with Crippen molar-refractivity contribution in [2.45, 2.75) is 20.0 Å². The van der Waals surface area contributed by atoms with Gasteiger partial charge in [-0.15, -0.1) is 0 Å². The third-order valence-corrected chi connectivity index (χ3v) is 3.62. The van der Waals surface area contributed by atoms with E-state index in [9.17, 15) is 0 Å². The molecule has 1 aliphatic carbocycles. The molecule has 0 radical (unpaired) electrons. The molecule has 2 aromatic heterocycles. The lowest BCUT2D eigenvalue weighted by molar-refractivity contribution is 0.203. The molecule has 120 valence electrons. The summed E-state index contributed by atoms with van der Waals surface area (Å²) in [6.45, 7) is 6.44. The second kappa shape index (κ2) is 6.56. The average molecular weight is 311 g/mol. The Morgan fingerprint density at radius 2 is 2.35 bits per heavy atom. The monoisotopic (exact) mass is 311 g/mol. The van der Waals surface area contributed by atoms with Gasteiger partial charge in [-0.2, -0.15) is 5.10 Å². The van der Waals surface area contributed by atoms with Crippen LogP contribution >= 0.6 is 0 Å². The zero-order valence-electron chi connectivity index (χ0n) is 13.4. The molecular weight excluding hydrogens is 290 g/mol. The molecule has 0 saturated heterocycles. The van der Waals surface area contributed by atoms with Crippen LogP contribution in [0.25, 0.3) is 5.65 Å². The van der Waals surface area contributed by atoms with Gasteiger partial charge in [0.25, 0.3) is 0 Å². The summed E-state index contributed by atoms with van der Waals surface area (Å²) in [4.78, 5) is 4.43. The maximum Gasteiger partial charge on any atom is 0.156 e. The van der Waals surface area contributed by atoms with E-state index >= 15 is 0 Å². The highest BCUT2D eigenvalue weighted by Crippen LogP contribution is 2.17. The smallest absolute Gasteiger partial charge is 0.156 e. The number of ether oxygens (including phenoxy) is 1. The molecule has 1 atom stereocenters. The first-order valence-electron chi connectivity index (χ1n) is 7.64. The molecule has 0 aliphatic heterocycles. The largest absolute Gasteiger partial charge is 0.488 e. The van der Waals surface area contributed by atoms with Crippen molar-refractivity contribution < 1.29 is 4.74 Å². The minimum absolute atomic E-state index is 0.435. The van der Waals surface area contributed by atoms with Gasteiger partial charge in [-0.1, -0.05) is 19.6 Å². The van der Waals surface area contributed by atoms with Crippen LogP contribution in [0.3, 0.4) is 0 Å². The highest BCUT2D eigenvalue weighted by molar-refractivity contribution is 5.50. The molecule has 0 bridgehead atoms. The second-order valence-electron chi connectivity index (χ2n) is 5.57. The number of nitrogens with one attached hydrogen (secondary N) is 2. The number of imidazole rings is 1. The number of nitrogens with zero attached hydrogens (tertiary/aromatic N) is 3. The van der Waals surface area contributed by atoms with Gasteiger partial charge in [0, 0.05) is 7.05 Å². The van der Waals surface area contributed by atoms with Gasteiger partial charge in [0.05, 0.1) is 17.7 Å². The van der Waals surface area contributed by atoms with Crippen LogP contribution in [-0.4, -0.2) is 21.6 Å². The maximum absolute atomic E-state index is 5.79. The molecule has 2 aromatic rings. The van der Waals surface area contributed by atoms with Crippen LogP contribution in [0.5, 0.6) is 0 Å². The molecule has 0 amide bonds. The van der Waals surface area contributed by atoms with E-state index in [1.165, 1.54) is 0 Å². The quantitative estimate of drug-likeness (QED) is 0.859. The number of allylic oxidation sites excluding steroid dienone is 3. The van der Waals surface area contributed by atoms with Crippen molar-refractivity contribution in [2.75, 3.05) is 12.4 Å². The standard InChI is InChI=1S/C17H21N5O/c1-12-4-7-15(8-5-12)23-11-14-6-9-17-20-16(10-22(17)21-14)19-13(2)18-3/h4,6-10,12,18-19H,2,5,11H2,1,3H3. The van der Waals surface area contributed by atoms with E-state index in [2.05, 4.69) is 46.4 Å². The van der Waals surface area contributed by atoms with Crippen molar-refractivity contribution in [3.05, 3.63) is 60.4 Å². The van der Waals surface area contributed by atoms with Crippen LogP contribution in [-0.2, 0) is 11.3 Å². The summed E-state index contributed by atoms with van der Waals surface area (Å²) in [5.74, 6) is 2.87. The Morgan fingerprint density at radius 3 is 3.09 bits per heavy atom. The molecule has 1 aliphatic rings. The Labute approximate surface area is 135 Å². The van der Waals surface area contributed by atoms with Crippen molar-refractivity contribution in [1.29, 1.82) is 0 Å². The van der Waals surface area contributed by atoms with E-state index in [1.807, 2.05) is 24.4 Å². The van der Waals surface area contributed by atoms with Gasteiger partial charge in [0.1, 0.15) is 12.4 Å². The molecule has 3 rings (SSSR count). The fourth-order valence-corrected chi connectivity index (χ4v) is 2.25. The van der Waals surface area contributed by atoms with Crippen LogP contribution < -0.4 is 10.6 Å². The molecule has 0 spiro atoms. The molecule has 2 N–H and O–H groups in total. The van der Waals surface area contributed by atoms with E-state index < -0.39 is 0 Å². The number of rotatable bonds is 6. The minimum atomic E-state index is 0.435. The lowest BCUT2D eigenvalue weighted by atomic mass is 10.0. The topological polar surface area (TPSA) is 63.5 Å². The van der Waals surface area contributed by atoms with Gasteiger partial charge in [-0.25, -0.2) is 9.50 Å². The Hall–Kier alpha value is -2.76. The molecule has 6 heteroatoms. The highest BCUT2D eigenvalue weighted by atomic mass is 16.5. The number of hydrogen-bond acceptors (Lipinski definition) is 5. The summed E-state index contributed by atoms with van der Waals surface area (Å²) < 4.78 is 7.53. The van der Waals surface area contributed by atoms with E-state index in [1.54, 1.807) is 11.6 Å². The van der Waals surface area contributed by atoms with Crippen molar-refractivity contribution in [1.82, 2.24) is 19.9 Å². The summed E-state index contributed by atoms with van der Waals surface area (Å²) in [7, 11) is 1.80. The van der Waals surface area contributed by atoms with Gasteiger partial charge in [-0.3, -0.25) is 0 Å². The van der Waals surface area contributed by atoms with E-state index in [0.717, 1.165) is 23.5 Å². The summed E-state index contributed by atoms with van der Waals surface area (Å²) in [6, 6.07) is 3.85. The third kappa shape index (κ3) is 3.71. The molecule has 0 saturated carbocycles. The van der Waals surface area contributed by atoms with E-state index in [4.69, 9.17) is 4.74 Å². The summed E-state index contributed by atoms with van der Waals surface area (Å²) in [5.41, 5.74) is 1.62.